The van der Waals surface area contributed by atoms with Gasteiger partial charge in [0.2, 0.25) is 0 Å². The Morgan fingerprint density at radius 2 is 2.47 bits per heavy atom. The van der Waals surface area contributed by atoms with E-state index in [1.165, 1.54) is 12.5 Å². The molecule has 0 aromatic carbocycles. The molecule has 0 amide bonds. The SMILES string of the molecule is O=C(O)c1cncnc1COC1COC1. The van der Waals surface area contributed by atoms with Gasteiger partial charge in [0, 0.05) is 6.20 Å². The molecular formula is C9H10N2O4. The second-order valence-electron chi connectivity index (χ2n) is 3.16. The van der Waals surface area contributed by atoms with Gasteiger partial charge in [-0.3, -0.25) is 0 Å². The van der Waals surface area contributed by atoms with Crippen molar-refractivity contribution in [2.45, 2.75) is 12.7 Å². The average Bonchev–Trinajstić information content (AvgIpc) is 2.16. The van der Waals surface area contributed by atoms with E-state index >= 15 is 0 Å². The number of carboxylic acids is 1. The number of hydrogen-bond acceptors (Lipinski definition) is 5. The lowest BCUT2D eigenvalue weighted by atomic mass is 10.2. The molecule has 2 rings (SSSR count). The molecule has 15 heavy (non-hydrogen) atoms. The lowest BCUT2D eigenvalue weighted by Gasteiger charge is -2.25. The van der Waals surface area contributed by atoms with Gasteiger partial charge in [0.1, 0.15) is 18.0 Å². The van der Waals surface area contributed by atoms with E-state index in [1.807, 2.05) is 0 Å². The quantitative estimate of drug-likeness (QED) is 0.758. The summed E-state index contributed by atoms with van der Waals surface area (Å²) in [6.07, 6.45) is 2.63. The molecule has 1 fully saturated rings. The summed E-state index contributed by atoms with van der Waals surface area (Å²) < 4.78 is 10.3. The second-order valence-corrected chi connectivity index (χ2v) is 3.16. The molecule has 0 unspecified atom stereocenters. The fourth-order valence-electron chi connectivity index (χ4n) is 1.16. The van der Waals surface area contributed by atoms with Gasteiger partial charge < -0.3 is 14.6 Å². The molecule has 0 spiro atoms. The highest BCUT2D eigenvalue weighted by Crippen LogP contribution is 2.11. The van der Waals surface area contributed by atoms with Crippen LogP contribution < -0.4 is 0 Å². The van der Waals surface area contributed by atoms with Crippen LogP contribution in [-0.2, 0) is 16.1 Å². The van der Waals surface area contributed by atoms with Crippen molar-refractivity contribution in [2.24, 2.45) is 0 Å². The minimum Gasteiger partial charge on any atom is -0.478 e. The molecular weight excluding hydrogens is 200 g/mol. The van der Waals surface area contributed by atoms with Gasteiger partial charge in [-0.25, -0.2) is 14.8 Å². The van der Waals surface area contributed by atoms with E-state index < -0.39 is 5.97 Å². The predicted octanol–water partition coefficient (Wildman–Crippen LogP) is 0.0902. The molecule has 0 saturated carbocycles. The van der Waals surface area contributed by atoms with E-state index in [4.69, 9.17) is 14.6 Å². The Labute approximate surface area is 85.9 Å². The molecule has 1 aliphatic heterocycles. The van der Waals surface area contributed by atoms with Crippen molar-refractivity contribution >= 4 is 5.97 Å². The summed E-state index contributed by atoms with van der Waals surface area (Å²) in [7, 11) is 0. The number of carbonyl (C=O) groups is 1. The highest BCUT2D eigenvalue weighted by Gasteiger charge is 2.20. The van der Waals surface area contributed by atoms with Gasteiger partial charge in [-0.05, 0) is 0 Å². The summed E-state index contributed by atoms with van der Waals surface area (Å²) >= 11 is 0. The third-order valence-corrected chi connectivity index (χ3v) is 2.09. The maximum atomic E-state index is 10.8. The van der Waals surface area contributed by atoms with Crippen molar-refractivity contribution in [3.63, 3.8) is 0 Å². The largest absolute Gasteiger partial charge is 0.478 e. The molecule has 2 heterocycles. The summed E-state index contributed by atoms with van der Waals surface area (Å²) in [6, 6.07) is 0. The van der Waals surface area contributed by atoms with Crippen LogP contribution in [0.25, 0.3) is 0 Å². The zero-order chi connectivity index (χ0) is 10.7. The molecule has 1 N–H and O–H groups in total. The van der Waals surface area contributed by atoms with E-state index in [0.717, 1.165) is 0 Å². The molecule has 0 radical (unpaired) electrons. The molecule has 1 aromatic rings. The van der Waals surface area contributed by atoms with Gasteiger partial charge in [-0.15, -0.1) is 0 Å². The second kappa shape index (κ2) is 4.33. The van der Waals surface area contributed by atoms with Gasteiger partial charge in [0.25, 0.3) is 0 Å². The van der Waals surface area contributed by atoms with Crippen molar-refractivity contribution in [1.82, 2.24) is 9.97 Å². The molecule has 80 valence electrons. The number of aromatic nitrogens is 2. The van der Waals surface area contributed by atoms with Gasteiger partial charge in [0.15, 0.2) is 0 Å². The van der Waals surface area contributed by atoms with Gasteiger partial charge in [0.05, 0.1) is 25.5 Å². The van der Waals surface area contributed by atoms with Crippen LogP contribution >= 0.6 is 0 Å². The predicted molar refractivity (Wildman–Crippen MR) is 48.4 cm³/mol. The molecule has 0 aliphatic carbocycles. The Bertz CT molecular complexity index is 365. The molecule has 6 heteroatoms. The van der Waals surface area contributed by atoms with Crippen molar-refractivity contribution in [1.29, 1.82) is 0 Å². The Morgan fingerprint density at radius 3 is 3.07 bits per heavy atom. The Kier molecular flexibility index (Phi) is 2.89. The van der Waals surface area contributed by atoms with Crippen molar-refractivity contribution < 1.29 is 19.4 Å². The van der Waals surface area contributed by atoms with Crippen LogP contribution in [0.5, 0.6) is 0 Å². The molecule has 0 bridgehead atoms. The lowest BCUT2D eigenvalue weighted by molar-refractivity contribution is -0.136. The van der Waals surface area contributed by atoms with Crippen LogP contribution in [0.2, 0.25) is 0 Å². The van der Waals surface area contributed by atoms with Crippen molar-refractivity contribution in [3.05, 3.63) is 23.8 Å². The lowest BCUT2D eigenvalue weighted by Crippen LogP contribution is -2.36. The first-order valence-corrected chi connectivity index (χ1v) is 4.49. The molecule has 1 aliphatic rings. The van der Waals surface area contributed by atoms with E-state index in [-0.39, 0.29) is 18.3 Å². The normalized spacial score (nSPS) is 16.0. The van der Waals surface area contributed by atoms with E-state index in [9.17, 15) is 4.79 Å². The van der Waals surface area contributed by atoms with E-state index in [0.29, 0.717) is 18.9 Å². The van der Waals surface area contributed by atoms with Gasteiger partial charge in [-0.1, -0.05) is 0 Å². The third-order valence-electron chi connectivity index (χ3n) is 2.09. The number of carboxylic acid groups (broad SMARTS) is 1. The molecule has 1 aromatic heterocycles. The molecule has 1 saturated heterocycles. The first kappa shape index (κ1) is 10.0. The number of nitrogens with zero attached hydrogens (tertiary/aromatic N) is 2. The van der Waals surface area contributed by atoms with Crippen LogP contribution in [0.3, 0.4) is 0 Å². The summed E-state index contributed by atoms with van der Waals surface area (Å²) in [5.74, 6) is -1.04. The fourth-order valence-corrected chi connectivity index (χ4v) is 1.16. The molecule has 0 atom stereocenters. The van der Waals surface area contributed by atoms with Crippen molar-refractivity contribution in [3.8, 4) is 0 Å². The topological polar surface area (TPSA) is 81.5 Å². The van der Waals surface area contributed by atoms with Crippen LogP contribution in [0.15, 0.2) is 12.5 Å². The zero-order valence-corrected chi connectivity index (χ0v) is 7.92. The Hall–Kier alpha value is -1.53. The van der Waals surface area contributed by atoms with Crippen LogP contribution in [-0.4, -0.2) is 40.4 Å². The maximum Gasteiger partial charge on any atom is 0.339 e. The summed E-state index contributed by atoms with van der Waals surface area (Å²) in [4.78, 5) is 18.3. The number of aromatic carboxylic acids is 1. The van der Waals surface area contributed by atoms with E-state index in [1.54, 1.807) is 0 Å². The van der Waals surface area contributed by atoms with Crippen molar-refractivity contribution in [2.75, 3.05) is 13.2 Å². The van der Waals surface area contributed by atoms with Crippen LogP contribution in [0.4, 0.5) is 0 Å². The number of ether oxygens (including phenoxy) is 2. The highest BCUT2D eigenvalue weighted by atomic mass is 16.6. The van der Waals surface area contributed by atoms with Gasteiger partial charge >= 0.3 is 5.97 Å². The first-order valence-electron chi connectivity index (χ1n) is 4.49. The zero-order valence-electron chi connectivity index (χ0n) is 7.92. The van der Waals surface area contributed by atoms with Crippen LogP contribution in [0, 0.1) is 0 Å². The number of hydrogen-bond donors (Lipinski definition) is 1. The Morgan fingerprint density at radius 1 is 1.67 bits per heavy atom. The third kappa shape index (κ3) is 2.28. The smallest absolute Gasteiger partial charge is 0.339 e. The minimum atomic E-state index is -1.04. The monoisotopic (exact) mass is 210 g/mol. The average molecular weight is 210 g/mol. The Balaban J connectivity index is 2.02. The highest BCUT2D eigenvalue weighted by molar-refractivity contribution is 5.88. The minimum absolute atomic E-state index is 0.0570. The summed E-state index contributed by atoms with van der Waals surface area (Å²) in [5.41, 5.74) is 0.474. The maximum absolute atomic E-state index is 10.8. The molecule has 6 nitrogen and oxygen atoms in total. The fraction of sp³-hybridized carbons (Fsp3) is 0.444. The first-order chi connectivity index (χ1) is 7.27. The number of rotatable bonds is 4. The summed E-state index contributed by atoms with van der Waals surface area (Å²) in [6.45, 7) is 1.30. The standard InChI is InChI=1S/C9H10N2O4/c12-9(13)7-1-10-5-11-8(7)4-15-6-2-14-3-6/h1,5-6H,2-4H2,(H,12,13). The summed E-state index contributed by atoms with van der Waals surface area (Å²) in [5, 5.41) is 8.84. The van der Waals surface area contributed by atoms with Gasteiger partial charge in [-0.2, -0.15) is 0 Å². The van der Waals surface area contributed by atoms with Crippen LogP contribution in [0.1, 0.15) is 16.1 Å². The van der Waals surface area contributed by atoms with E-state index in [2.05, 4.69) is 9.97 Å².